The Morgan fingerprint density at radius 3 is 1.88 bits per heavy atom. The third kappa shape index (κ3) is 3.97. The van der Waals surface area contributed by atoms with Gasteiger partial charge in [0.2, 0.25) is 5.65 Å². The molecule has 1 aliphatic rings. The molecule has 5 nitrogen and oxygen atoms in total. The maximum absolute atomic E-state index is 11.7. The van der Waals surface area contributed by atoms with Crippen molar-refractivity contribution >= 4 is 21.0 Å². The summed E-state index contributed by atoms with van der Waals surface area (Å²) in [5.41, 5.74) is -0.492. The Bertz CT molecular complexity index is 280. The van der Waals surface area contributed by atoms with Crippen LogP contribution in [-0.4, -0.2) is 53.3 Å². The highest BCUT2D eigenvalue weighted by atomic mass is 31.0. The molecule has 0 radical (unpaired) electrons. The zero-order valence-corrected chi connectivity index (χ0v) is 11.2. The SMILES string of the molecule is CC(C)(C)OC(=O)N1CCN(C(=O)P)CC1. The molecule has 0 N–H and O–H groups in total. The molecule has 1 aliphatic heterocycles. The molecule has 6 heteroatoms. The van der Waals surface area contributed by atoms with Crippen molar-refractivity contribution in [1.29, 1.82) is 0 Å². The van der Waals surface area contributed by atoms with E-state index >= 15 is 0 Å². The predicted octanol–water partition coefficient (Wildman–Crippen LogP) is 1.53. The van der Waals surface area contributed by atoms with Gasteiger partial charge >= 0.3 is 6.09 Å². The number of nitrogens with zero attached hydrogens (tertiary/aromatic N) is 2. The summed E-state index contributed by atoms with van der Waals surface area (Å²) in [4.78, 5) is 26.1. The lowest BCUT2D eigenvalue weighted by Gasteiger charge is -2.35. The van der Waals surface area contributed by atoms with Gasteiger partial charge in [0.05, 0.1) is 0 Å². The monoisotopic (exact) mass is 246 g/mol. The molecule has 0 aromatic heterocycles. The van der Waals surface area contributed by atoms with E-state index in [1.54, 1.807) is 9.80 Å². The van der Waals surface area contributed by atoms with Crippen molar-refractivity contribution in [2.75, 3.05) is 26.2 Å². The molecule has 1 unspecified atom stereocenters. The van der Waals surface area contributed by atoms with Crippen molar-refractivity contribution in [3.63, 3.8) is 0 Å². The lowest BCUT2D eigenvalue weighted by Crippen LogP contribution is -2.50. The largest absolute Gasteiger partial charge is 0.444 e. The van der Waals surface area contributed by atoms with Gasteiger partial charge in [-0.05, 0) is 30.0 Å². The van der Waals surface area contributed by atoms with E-state index in [9.17, 15) is 9.59 Å². The minimum Gasteiger partial charge on any atom is -0.444 e. The third-order valence-corrected chi connectivity index (χ3v) is 2.61. The van der Waals surface area contributed by atoms with Crippen LogP contribution in [0.3, 0.4) is 0 Å². The highest BCUT2D eigenvalue weighted by Gasteiger charge is 2.26. The molecule has 1 atom stereocenters. The van der Waals surface area contributed by atoms with Crippen LogP contribution in [0.25, 0.3) is 0 Å². The topological polar surface area (TPSA) is 49.9 Å². The van der Waals surface area contributed by atoms with Crippen LogP contribution in [0, 0.1) is 0 Å². The second kappa shape index (κ2) is 5.00. The van der Waals surface area contributed by atoms with E-state index < -0.39 is 5.60 Å². The molecule has 0 aromatic rings. The zero-order chi connectivity index (χ0) is 12.3. The summed E-state index contributed by atoms with van der Waals surface area (Å²) in [5, 5.41) is 0. The van der Waals surface area contributed by atoms with E-state index in [-0.39, 0.29) is 11.7 Å². The lowest BCUT2D eigenvalue weighted by atomic mass is 10.2. The Kier molecular flexibility index (Phi) is 4.14. The van der Waals surface area contributed by atoms with Crippen molar-refractivity contribution in [2.45, 2.75) is 26.4 Å². The first-order chi connectivity index (χ1) is 7.29. The van der Waals surface area contributed by atoms with E-state index in [1.165, 1.54) is 0 Å². The predicted molar refractivity (Wildman–Crippen MR) is 64.5 cm³/mol. The molecule has 0 bridgehead atoms. The molecule has 0 saturated carbocycles. The summed E-state index contributed by atoms with van der Waals surface area (Å²) in [7, 11) is 2.14. The van der Waals surface area contributed by atoms with Crippen LogP contribution in [0.1, 0.15) is 20.8 Å². The molecule has 92 valence electrons. The summed E-state index contributed by atoms with van der Waals surface area (Å²) in [6.45, 7) is 7.74. The highest BCUT2D eigenvalue weighted by molar-refractivity contribution is 7.39. The average Bonchev–Trinajstić information content (AvgIpc) is 2.15. The number of ether oxygens (including phenoxy) is 1. The second-order valence-electron chi connectivity index (χ2n) is 4.79. The van der Waals surface area contributed by atoms with Gasteiger partial charge in [-0.2, -0.15) is 0 Å². The maximum atomic E-state index is 11.7. The Morgan fingerprint density at radius 1 is 1.06 bits per heavy atom. The van der Waals surface area contributed by atoms with Crippen LogP contribution in [0.4, 0.5) is 9.59 Å². The number of piperazine rings is 1. The number of hydrogen-bond acceptors (Lipinski definition) is 3. The van der Waals surface area contributed by atoms with Crippen LogP contribution < -0.4 is 0 Å². The van der Waals surface area contributed by atoms with Crippen molar-refractivity contribution in [2.24, 2.45) is 0 Å². The quantitative estimate of drug-likeness (QED) is 0.609. The zero-order valence-electron chi connectivity index (χ0n) is 10.0. The summed E-state index contributed by atoms with van der Waals surface area (Å²) in [6.07, 6.45) is -0.302. The van der Waals surface area contributed by atoms with Crippen LogP contribution in [0.5, 0.6) is 0 Å². The average molecular weight is 246 g/mol. The van der Waals surface area contributed by atoms with Crippen LogP contribution in [0.2, 0.25) is 0 Å². The number of rotatable bonds is 0. The fourth-order valence-electron chi connectivity index (χ4n) is 1.44. The van der Waals surface area contributed by atoms with Gasteiger partial charge in [-0.3, -0.25) is 4.79 Å². The minimum absolute atomic E-state index is 0.0242. The molecule has 2 amide bonds. The molecular formula is C10H19N2O3P. The van der Waals surface area contributed by atoms with Gasteiger partial charge in [0.1, 0.15) is 5.60 Å². The van der Waals surface area contributed by atoms with E-state index in [4.69, 9.17) is 4.74 Å². The maximum Gasteiger partial charge on any atom is 0.410 e. The van der Waals surface area contributed by atoms with Crippen molar-refractivity contribution in [3.8, 4) is 0 Å². The number of carbonyl (C=O) groups excluding carboxylic acids is 2. The summed E-state index contributed by atoms with van der Waals surface area (Å²) in [5.74, 6) is 0. The number of carbonyl (C=O) groups is 2. The highest BCUT2D eigenvalue weighted by Crippen LogP contribution is 2.12. The Labute approximate surface area is 98.3 Å². The van der Waals surface area contributed by atoms with E-state index in [0.29, 0.717) is 26.2 Å². The summed E-state index contributed by atoms with van der Waals surface area (Å²) < 4.78 is 5.25. The molecule has 0 spiro atoms. The van der Waals surface area contributed by atoms with Gasteiger partial charge < -0.3 is 14.5 Å². The molecular weight excluding hydrogens is 227 g/mol. The smallest absolute Gasteiger partial charge is 0.410 e. The second-order valence-corrected chi connectivity index (χ2v) is 5.29. The molecule has 0 aromatic carbocycles. The van der Waals surface area contributed by atoms with E-state index in [1.807, 2.05) is 20.8 Å². The molecule has 1 heterocycles. The number of hydrogen-bond donors (Lipinski definition) is 0. The van der Waals surface area contributed by atoms with Crippen LogP contribution in [0.15, 0.2) is 0 Å². The summed E-state index contributed by atoms with van der Waals surface area (Å²) in [6, 6.07) is 0. The van der Waals surface area contributed by atoms with Crippen molar-refractivity contribution in [3.05, 3.63) is 0 Å². The normalized spacial score (nSPS) is 17.2. The molecule has 1 fully saturated rings. The lowest BCUT2D eigenvalue weighted by molar-refractivity contribution is 0.0177. The minimum atomic E-state index is -0.468. The molecule has 16 heavy (non-hydrogen) atoms. The first kappa shape index (κ1) is 13.2. The first-order valence-corrected chi connectivity index (χ1v) is 5.89. The van der Waals surface area contributed by atoms with E-state index in [0.717, 1.165) is 0 Å². The Balaban J connectivity index is 2.42. The fraction of sp³-hybridized carbons (Fsp3) is 0.800. The first-order valence-electron chi connectivity index (χ1n) is 5.32. The van der Waals surface area contributed by atoms with Crippen LogP contribution in [-0.2, 0) is 4.74 Å². The summed E-state index contributed by atoms with van der Waals surface area (Å²) >= 11 is 0. The molecule has 0 aliphatic carbocycles. The van der Waals surface area contributed by atoms with Crippen LogP contribution >= 0.6 is 9.24 Å². The van der Waals surface area contributed by atoms with Gasteiger partial charge in [-0.1, -0.05) is 0 Å². The van der Waals surface area contributed by atoms with Gasteiger partial charge in [-0.15, -0.1) is 0 Å². The van der Waals surface area contributed by atoms with Crippen molar-refractivity contribution < 1.29 is 14.3 Å². The third-order valence-electron chi connectivity index (χ3n) is 2.24. The van der Waals surface area contributed by atoms with Crippen molar-refractivity contribution in [1.82, 2.24) is 9.80 Å². The van der Waals surface area contributed by atoms with Gasteiger partial charge in [0.25, 0.3) is 0 Å². The van der Waals surface area contributed by atoms with Gasteiger partial charge in [0.15, 0.2) is 0 Å². The van der Waals surface area contributed by atoms with E-state index in [2.05, 4.69) is 9.24 Å². The Hall–Kier alpha value is -0.830. The molecule has 1 rings (SSSR count). The number of amides is 2. The fourth-order valence-corrected chi connectivity index (χ4v) is 1.69. The van der Waals surface area contributed by atoms with Gasteiger partial charge in [0, 0.05) is 26.2 Å². The Morgan fingerprint density at radius 2 is 1.50 bits per heavy atom. The standard InChI is InChI=1S/C10H19N2O3P/c1-10(2,3)15-8(13)11-4-6-12(7-5-11)9(14)16/h4-7,16H2,1-3H3. The van der Waals surface area contributed by atoms with Gasteiger partial charge in [-0.25, -0.2) is 4.79 Å². The molecule has 1 saturated heterocycles.